The summed E-state index contributed by atoms with van der Waals surface area (Å²) < 4.78 is 0. The highest BCUT2D eigenvalue weighted by Gasteiger charge is 2.38. The van der Waals surface area contributed by atoms with Gasteiger partial charge in [0, 0.05) is 32.8 Å². The van der Waals surface area contributed by atoms with E-state index in [4.69, 9.17) is 15.0 Å². The molecule has 3 aromatic heterocycles. The van der Waals surface area contributed by atoms with E-state index in [9.17, 15) is 0 Å². The van der Waals surface area contributed by atoms with Crippen LogP contribution in [0.3, 0.4) is 0 Å². The lowest BCUT2D eigenvalue weighted by atomic mass is 9.88. The summed E-state index contributed by atoms with van der Waals surface area (Å²) in [5, 5.41) is 11.0. The van der Waals surface area contributed by atoms with Gasteiger partial charge in [0.25, 0.3) is 0 Å². The summed E-state index contributed by atoms with van der Waals surface area (Å²) in [6.07, 6.45) is 0. The average molecular weight is 692 g/mol. The van der Waals surface area contributed by atoms with Crippen LogP contribution in [0.25, 0.3) is 99.2 Å². The second-order valence-corrected chi connectivity index (χ2v) is 19.1. The van der Waals surface area contributed by atoms with E-state index in [1.54, 1.807) is 0 Å². The smallest absolute Gasteiger partial charge is 0.113 e. The lowest BCUT2D eigenvalue weighted by Gasteiger charge is -2.19. The van der Waals surface area contributed by atoms with Crippen LogP contribution in [0.4, 0.5) is 0 Å². The minimum atomic E-state index is -1.78. The van der Waals surface area contributed by atoms with E-state index in [0.29, 0.717) is 0 Å². The Hall–Kier alpha value is -6.49. The van der Waals surface area contributed by atoms with Gasteiger partial charge < -0.3 is 0 Å². The molecule has 0 radical (unpaired) electrons. The average Bonchev–Trinajstić information content (AvgIpc) is 3.45. The van der Waals surface area contributed by atoms with Gasteiger partial charge in [-0.25, -0.2) is 15.0 Å². The third-order valence-electron chi connectivity index (χ3n) is 11.4. The van der Waals surface area contributed by atoms with Crippen LogP contribution in [0.2, 0.25) is 13.1 Å². The SMILES string of the molecule is C[Si]1(C)c2ccccc2-c2c1ccc1nc(-c3c4ccccc4c(-c4ccc5ccc6ccc(-c7ccccc7)nc6c5n4)c4ccccc34)ccc21. The summed E-state index contributed by atoms with van der Waals surface area (Å²) in [6, 6.07) is 58.9. The van der Waals surface area contributed by atoms with Crippen LogP contribution in [-0.4, -0.2) is 23.0 Å². The van der Waals surface area contributed by atoms with Crippen LogP contribution in [0.5, 0.6) is 0 Å². The zero-order chi connectivity index (χ0) is 35.3. The predicted octanol–water partition coefficient (Wildman–Crippen LogP) is 11.4. The van der Waals surface area contributed by atoms with Gasteiger partial charge in [0.1, 0.15) is 8.07 Å². The van der Waals surface area contributed by atoms with E-state index in [1.165, 1.54) is 26.9 Å². The monoisotopic (exact) mass is 691 g/mol. The van der Waals surface area contributed by atoms with Crippen molar-refractivity contribution in [3.05, 3.63) is 164 Å². The number of rotatable bonds is 3. The van der Waals surface area contributed by atoms with E-state index >= 15 is 0 Å². The molecule has 3 nitrogen and oxygen atoms in total. The highest BCUT2D eigenvalue weighted by Crippen LogP contribution is 2.44. The molecular formula is C49H33N3Si. The molecule has 1 aliphatic rings. The number of fused-ring (bicyclic) bond motifs is 10. The van der Waals surface area contributed by atoms with E-state index in [0.717, 1.165) is 82.6 Å². The zero-order valence-corrected chi connectivity index (χ0v) is 30.4. The van der Waals surface area contributed by atoms with Crippen LogP contribution in [-0.2, 0) is 0 Å². The van der Waals surface area contributed by atoms with Gasteiger partial charge in [-0.15, -0.1) is 0 Å². The van der Waals surface area contributed by atoms with Crippen molar-refractivity contribution in [1.82, 2.24) is 15.0 Å². The largest absolute Gasteiger partial charge is 0.248 e. The van der Waals surface area contributed by atoms with Crippen molar-refractivity contribution in [2.75, 3.05) is 0 Å². The number of nitrogens with zero attached hydrogens (tertiary/aromatic N) is 3. The fraction of sp³-hybridized carbons (Fsp3) is 0.0408. The predicted molar refractivity (Wildman–Crippen MR) is 226 cm³/mol. The Balaban J connectivity index is 1.14. The molecule has 0 aliphatic carbocycles. The number of hydrogen-bond donors (Lipinski definition) is 0. The van der Waals surface area contributed by atoms with Gasteiger partial charge in [0.2, 0.25) is 0 Å². The molecule has 4 heterocycles. The highest BCUT2D eigenvalue weighted by molar-refractivity contribution is 7.04. The lowest BCUT2D eigenvalue weighted by Crippen LogP contribution is -2.49. The summed E-state index contributed by atoms with van der Waals surface area (Å²) in [5.74, 6) is 0. The molecule has 10 aromatic rings. The molecule has 7 aromatic carbocycles. The molecule has 0 unspecified atom stereocenters. The molecule has 0 fully saturated rings. The van der Waals surface area contributed by atoms with Crippen molar-refractivity contribution < 1.29 is 0 Å². The number of hydrogen-bond acceptors (Lipinski definition) is 3. The summed E-state index contributed by atoms with van der Waals surface area (Å²) >= 11 is 0. The molecule has 0 amide bonds. The molecule has 11 rings (SSSR count). The molecule has 248 valence electrons. The Morgan fingerprint density at radius 1 is 0.358 bits per heavy atom. The minimum Gasteiger partial charge on any atom is -0.248 e. The van der Waals surface area contributed by atoms with Gasteiger partial charge in [0.15, 0.2) is 0 Å². The molecule has 0 atom stereocenters. The standard InChI is InChI=1S/C49H33N3Si/c1-53(2)43-19-11-10-18-38(43)47-37-24-27-41(50-40(37)28-29-44(47)53)45-33-14-6-8-16-35(33)46(36-17-9-7-15-34(36)45)42-26-23-32-21-20-31-22-25-39(30-12-4-3-5-13-30)51-48(31)49(32)52-42/h3-29H,1-2H3. The minimum absolute atomic E-state index is 0.909. The molecule has 0 spiro atoms. The van der Waals surface area contributed by atoms with Crippen molar-refractivity contribution in [2.24, 2.45) is 0 Å². The Bertz CT molecular complexity index is 3090. The summed E-state index contributed by atoms with van der Waals surface area (Å²) in [6.45, 7) is 4.94. The Labute approximate surface area is 308 Å². The first kappa shape index (κ1) is 30.2. The molecule has 1 aliphatic heterocycles. The fourth-order valence-electron chi connectivity index (χ4n) is 8.90. The first-order chi connectivity index (χ1) is 26.0. The van der Waals surface area contributed by atoms with Gasteiger partial charge in [-0.1, -0.05) is 153 Å². The topological polar surface area (TPSA) is 38.7 Å². The molecule has 0 N–H and O–H groups in total. The maximum atomic E-state index is 5.45. The van der Waals surface area contributed by atoms with E-state index < -0.39 is 8.07 Å². The number of pyridine rings is 3. The van der Waals surface area contributed by atoms with Crippen molar-refractivity contribution in [3.8, 4) is 44.9 Å². The molecule has 0 saturated heterocycles. The van der Waals surface area contributed by atoms with Crippen molar-refractivity contribution in [2.45, 2.75) is 13.1 Å². The number of benzene rings is 7. The molecular weight excluding hydrogens is 659 g/mol. The first-order valence-corrected chi connectivity index (χ1v) is 21.3. The second kappa shape index (κ2) is 11.3. The Morgan fingerprint density at radius 3 is 1.53 bits per heavy atom. The molecule has 53 heavy (non-hydrogen) atoms. The highest BCUT2D eigenvalue weighted by atomic mass is 28.3. The summed E-state index contributed by atoms with van der Waals surface area (Å²) in [4.78, 5) is 16.1. The van der Waals surface area contributed by atoms with E-state index in [1.807, 2.05) is 6.07 Å². The van der Waals surface area contributed by atoms with Crippen LogP contribution < -0.4 is 10.4 Å². The van der Waals surface area contributed by atoms with Gasteiger partial charge in [-0.05, 0) is 67.3 Å². The van der Waals surface area contributed by atoms with Gasteiger partial charge in [-0.3, -0.25) is 0 Å². The van der Waals surface area contributed by atoms with Crippen molar-refractivity contribution in [1.29, 1.82) is 0 Å². The maximum Gasteiger partial charge on any atom is 0.113 e. The number of aromatic nitrogens is 3. The maximum absolute atomic E-state index is 5.45. The Kier molecular flexibility index (Phi) is 6.40. The summed E-state index contributed by atoms with van der Waals surface area (Å²) in [7, 11) is -1.78. The third-order valence-corrected chi connectivity index (χ3v) is 15.0. The quantitative estimate of drug-likeness (QED) is 0.105. The summed E-state index contributed by atoms with van der Waals surface area (Å²) in [5.41, 5.74) is 11.8. The Morgan fingerprint density at radius 2 is 0.868 bits per heavy atom. The lowest BCUT2D eigenvalue weighted by molar-refractivity contribution is 1.37. The van der Waals surface area contributed by atoms with Crippen LogP contribution in [0, 0.1) is 0 Å². The second-order valence-electron chi connectivity index (χ2n) is 14.7. The first-order valence-electron chi connectivity index (χ1n) is 18.3. The van der Waals surface area contributed by atoms with Crippen LogP contribution >= 0.6 is 0 Å². The van der Waals surface area contributed by atoms with Crippen LogP contribution in [0.15, 0.2) is 164 Å². The van der Waals surface area contributed by atoms with E-state index in [-0.39, 0.29) is 0 Å². The third kappa shape index (κ3) is 4.43. The van der Waals surface area contributed by atoms with Crippen molar-refractivity contribution >= 4 is 72.7 Å². The van der Waals surface area contributed by atoms with Gasteiger partial charge in [0.05, 0.1) is 33.6 Å². The normalized spacial score (nSPS) is 13.2. The fourth-order valence-corrected chi connectivity index (χ4v) is 12.0. The molecule has 4 heteroatoms. The molecule has 0 bridgehead atoms. The van der Waals surface area contributed by atoms with Crippen molar-refractivity contribution in [3.63, 3.8) is 0 Å². The zero-order valence-electron chi connectivity index (χ0n) is 29.4. The van der Waals surface area contributed by atoms with Gasteiger partial charge >= 0.3 is 0 Å². The van der Waals surface area contributed by atoms with Gasteiger partial charge in [-0.2, -0.15) is 0 Å². The molecule has 0 saturated carbocycles. The van der Waals surface area contributed by atoms with E-state index in [2.05, 4.69) is 171 Å². The van der Waals surface area contributed by atoms with Crippen LogP contribution in [0.1, 0.15) is 0 Å².